The van der Waals surface area contributed by atoms with Crippen molar-refractivity contribution >= 4 is 5.96 Å². The number of aliphatic hydroxyl groups is 1. The highest BCUT2D eigenvalue weighted by Crippen LogP contribution is 2.26. The van der Waals surface area contributed by atoms with Crippen molar-refractivity contribution in [2.24, 2.45) is 10.9 Å². The Morgan fingerprint density at radius 2 is 1.94 bits per heavy atom. The molecular formula is C13H27N3O. The summed E-state index contributed by atoms with van der Waals surface area (Å²) < 4.78 is 0. The Bertz CT molecular complexity index is 223. The van der Waals surface area contributed by atoms with Crippen molar-refractivity contribution in [3.63, 3.8) is 0 Å². The summed E-state index contributed by atoms with van der Waals surface area (Å²) in [4.78, 5) is 4.31. The quantitative estimate of drug-likeness (QED) is 0.505. The van der Waals surface area contributed by atoms with Crippen LogP contribution in [0.4, 0.5) is 0 Å². The fourth-order valence-corrected chi connectivity index (χ4v) is 2.39. The third-order valence-corrected chi connectivity index (χ3v) is 3.48. The highest BCUT2D eigenvalue weighted by atomic mass is 16.3. The molecule has 0 saturated heterocycles. The van der Waals surface area contributed by atoms with Crippen molar-refractivity contribution in [3.05, 3.63) is 0 Å². The monoisotopic (exact) mass is 241 g/mol. The van der Waals surface area contributed by atoms with Gasteiger partial charge in [0, 0.05) is 12.6 Å². The Morgan fingerprint density at radius 1 is 1.24 bits per heavy atom. The Balaban J connectivity index is 2.35. The van der Waals surface area contributed by atoms with Gasteiger partial charge in [-0.25, -0.2) is 0 Å². The lowest BCUT2D eigenvalue weighted by Gasteiger charge is -2.29. The standard InChI is InChI=1S/C13H27N3O/c1-3-11-5-7-12(8-6-11)16-13(14-4-2)15-9-10-17/h11-12,17H,3-10H2,1-2H3,(H2,14,15,16). The van der Waals surface area contributed by atoms with Crippen molar-refractivity contribution in [2.45, 2.75) is 52.0 Å². The molecule has 4 heteroatoms. The summed E-state index contributed by atoms with van der Waals surface area (Å²) in [6.45, 7) is 5.79. The van der Waals surface area contributed by atoms with Crippen molar-refractivity contribution in [2.75, 3.05) is 19.7 Å². The van der Waals surface area contributed by atoms with Gasteiger partial charge < -0.3 is 15.7 Å². The van der Waals surface area contributed by atoms with Gasteiger partial charge >= 0.3 is 0 Å². The minimum absolute atomic E-state index is 0.110. The SMILES string of the molecule is CCNC(=NCCO)NC1CCC(CC)CC1. The zero-order chi connectivity index (χ0) is 12.5. The maximum atomic E-state index is 8.79. The molecule has 1 fully saturated rings. The molecule has 0 bridgehead atoms. The molecule has 1 aliphatic rings. The van der Waals surface area contributed by atoms with Gasteiger partial charge in [0.1, 0.15) is 0 Å². The maximum Gasteiger partial charge on any atom is 0.191 e. The average Bonchev–Trinajstić information content (AvgIpc) is 2.37. The van der Waals surface area contributed by atoms with Gasteiger partial charge in [-0.1, -0.05) is 13.3 Å². The normalized spacial score (nSPS) is 25.7. The molecular weight excluding hydrogens is 214 g/mol. The van der Waals surface area contributed by atoms with Crippen molar-refractivity contribution in [1.82, 2.24) is 10.6 Å². The molecule has 0 aromatic carbocycles. The first kappa shape index (κ1) is 14.3. The molecule has 3 N–H and O–H groups in total. The predicted molar refractivity (Wildman–Crippen MR) is 72.2 cm³/mol. The molecule has 0 amide bonds. The first-order valence-corrected chi connectivity index (χ1v) is 6.95. The van der Waals surface area contributed by atoms with Crippen LogP contribution in [-0.2, 0) is 0 Å². The summed E-state index contributed by atoms with van der Waals surface area (Å²) >= 11 is 0. The number of aliphatic imine (C=N–C) groups is 1. The molecule has 100 valence electrons. The lowest BCUT2D eigenvalue weighted by atomic mass is 9.84. The Morgan fingerprint density at radius 3 is 2.47 bits per heavy atom. The van der Waals surface area contributed by atoms with Crippen LogP contribution in [0.15, 0.2) is 4.99 Å². The Hall–Kier alpha value is -0.770. The number of guanidine groups is 1. The maximum absolute atomic E-state index is 8.79. The number of hydrogen-bond acceptors (Lipinski definition) is 2. The fraction of sp³-hybridized carbons (Fsp3) is 0.923. The molecule has 0 aliphatic heterocycles. The van der Waals surface area contributed by atoms with Gasteiger partial charge in [0.15, 0.2) is 5.96 Å². The second-order valence-corrected chi connectivity index (χ2v) is 4.75. The highest BCUT2D eigenvalue weighted by molar-refractivity contribution is 5.80. The van der Waals surface area contributed by atoms with E-state index in [0.717, 1.165) is 18.4 Å². The lowest BCUT2D eigenvalue weighted by Crippen LogP contribution is -2.45. The van der Waals surface area contributed by atoms with Gasteiger partial charge in [0.05, 0.1) is 13.2 Å². The fourth-order valence-electron chi connectivity index (χ4n) is 2.39. The third-order valence-electron chi connectivity index (χ3n) is 3.48. The Labute approximate surface area is 105 Å². The topological polar surface area (TPSA) is 56.7 Å². The molecule has 1 saturated carbocycles. The summed E-state index contributed by atoms with van der Waals surface area (Å²) in [5, 5.41) is 15.5. The van der Waals surface area contributed by atoms with Crippen molar-refractivity contribution in [1.29, 1.82) is 0 Å². The summed E-state index contributed by atoms with van der Waals surface area (Å²) in [5.74, 6) is 1.77. The van der Waals surface area contributed by atoms with E-state index in [-0.39, 0.29) is 6.61 Å². The molecule has 0 atom stereocenters. The molecule has 0 unspecified atom stereocenters. The highest BCUT2D eigenvalue weighted by Gasteiger charge is 2.20. The summed E-state index contributed by atoms with van der Waals surface area (Å²) in [6, 6.07) is 0.550. The van der Waals surface area contributed by atoms with E-state index in [1.807, 2.05) is 0 Å². The van der Waals surface area contributed by atoms with Gasteiger partial charge in [-0.3, -0.25) is 4.99 Å². The number of aliphatic hydroxyl groups excluding tert-OH is 1. The zero-order valence-electron chi connectivity index (χ0n) is 11.2. The second-order valence-electron chi connectivity index (χ2n) is 4.75. The van der Waals surface area contributed by atoms with Crippen molar-refractivity contribution < 1.29 is 5.11 Å². The van der Waals surface area contributed by atoms with Crippen LogP contribution in [0.2, 0.25) is 0 Å². The third kappa shape index (κ3) is 5.39. The predicted octanol–water partition coefficient (Wildman–Crippen LogP) is 1.50. The van der Waals surface area contributed by atoms with Gasteiger partial charge in [-0.05, 0) is 38.5 Å². The molecule has 4 nitrogen and oxygen atoms in total. The van der Waals surface area contributed by atoms with E-state index < -0.39 is 0 Å². The summed E-state index contributed by atoms with van der Waals surface area (Å²) in [7, 11) is 0. The molecule has 1 rings (SSSR count). The van der Waals surface area contributed by atoms with E-state index in [2.05, 4.69) is 29.5 Å². The number of rotatable bonds is 5. The first-order valence-electron chi connectivity index (χ1n) is 6.95. The van der Waals surface area contributed by atoms with E-state index in [1.54, 1.807) is 0 Å². The van der Waals surface area contributed by atoms with Gasteiger partial charge in [-0.15, -0.1) is 0 Å². The summed E-state index contributed by atoms with van der Waals surface area (Å²) in [6.07, 6.45) is 6.44. The first-order chi connectivity index (χ1) is 8.30. The molecule has 0 aromatic rings. The number of hydrogen-bond donors (Lipinski definition) is 3. The van der Waals surface area contributed by atoms with Crippen LogP contribution in [0.1, 0.15) is 46.0 Å². The van der Waals surface area contributed by atoms with Crippen LogP contribution in [-0.4, -0.2) is 36.8 Å². The second kappa shape index (κ2) is 8.34. The van der Waals surface area contributed by atoms with Crippen molar-refractivity contribution in [3.8, 4) is 0 Å². The van der Waals surface area contributed by atoms with Crippen LogP contribution in [0, 0.1) is 5.92 Å². The van der Waals surface area contributed by atoms with E-state index in [9.17, 15) is 0 Å². The summed E-state index contributed by atoms with van der Waals surface area (Å²) in [5.41, 5.74) is 0. The number of nitrogens with one attached hydrogen (secondary N) is 2. The molecule has 0 spiro atoms. The van der Waals surface area contributed by atoms with Gasteiger partial charge in [0.25, 0.3) is 0 Å². The van der Waals surface area contributed by atoms with Crippen LogP contribution >= 0.6 is 0 Å². The molecule has 17 heavy (non-hydrogen) atoms. The smallest absolute Gasteiger partial charge is 0.191 e. The average molecular weight is 241 g/mol. The van der Waals surface area contributed by atoms with Gasteiger partial charge in [0.2, 0.25) is 0 Å². The van der Waals surface area contributed by atoms with E-state index >= 15 is 0 Å². The van der Waals surface area contributed by atoms with E-state index in [4.69, 9.17) is 5.11 Å². The largest absolute Gasteiger partial charge is 0.394 e. The number of nitrogens with zero attached hydrogens (tertiary/aromatic N) is 1. The minimum atomic E-state index is 0.110. The lowest BCUT2D eigenvalue weighted by molar-refractivity contribution is 0.300. The van der Waals surface area contributed by atoms with E-state index in [1.165, 1.54) is 32.1 Å². The Kier molecular flexibility index (Phi) is 7.01. The molecule has 1 aliphatic carbocycles. The minimum Gasteiger partial charge on any atom is -0.394 e. The molecule has 0 heterocycles. The van der Waals surface area contributed by atoms with Crippen LogP contribution in [0.25, 0.3) is 0 Å². The van der Waals surface area contributed by atoms with Gasteiger partial charge in [-0.2, -0.15) is 0 Å². The van der Waals surface area contributed by atoms with Crippen LogP contribution < -0.4 is 10.6 Å². The zero-order valence-corrected chi connectivity index (χ0v) is 11.2. The van der Waals surface area contributed by atoms with Crippen LogP contribution in [0.5, 0.6) is 0 Å². The van der Waals surface area contributed by atoms with E-state index in [0.29, 0.717) is 12.6 Å². The van der Waals surface area contributed by atoms with Crippen LogP contribution in [0.3, 0.4) is 0 Å². The molecule has 0 aromatic heterocycles. The molecule has 0 radical (unpaired) electrons.